The fourth-order valence-electron chi connectivity index (χ4n) is 1.09. The van der Waals surface area contributed by atoms with Crippen molar-refractivity contribution in [2.24, 2.45) is 4.99 Å². The highest BCUT2D eigenvalue weighted by Crippen LogP contribution is 2.09. The Morgan fingerprint density at radius 1 is 1.42 bits per heavy atom. The first kappa shape index (κ1) is 7.95. The summed E-state index contributed by atoms with van der Waals surface area (Å²) in [6.07, 6.45) is 0. The Hall–Kier alpha value is -0.670. The lowest BCUT2D eigenvalue weighted by molar-refractivity contribution is -0.112. The maximum atomic E-state index is 11.0. The van der Waals surface area contributed by atoms with Gasteiger partial charge in [-0.2, -0.15) is 0 Å². The zero-order valence-corrected chi connectivity index (χ0v) is 8.19. The Morgan fingerprint density at radius 3 is 2.83 bits per heavy atom. The highest BCUT2D eigenvalue weighted by atomic mass is 79.9. The fourth-order valence-corrected chi connectivity index (χ4v) is 2.00. The molecule has 0 fully saturated rings. The Balaban J connectivity index is 3.04. The number of carbonyl (C=O) groups is 1. The normalized spacial score (nSPS) is 14.5. The van der Waals surface area contributed by atoms with Crippen LogP contribution in [0, 0.1) is 0 Å². The van der Waals surface area contributed by atoms with Gasteiger partial charge in [0.15, 0.2) is 0 Å². The second-order valence-corrected chi connectivity index (χ2v) is 3.60. The van der Waals surface area contributed by atoms with Crippen LogP contribution in [0.2, 0.25) is 0 Å². The van der Waals surface area contributed by atoms with Crippen molar-refractivity contribution in [3.63, 3.8) is 0 Å². The number of carbonyl (C=O) groups excluding carboxylic acids is 1. The molecule has 1 aromatic carbocycles. The molecule has 1 aromatic rings. The number of benzene rings is 1. The van der Waals surface area contributed by atoms with Crippen molar-refractivity contribution in [1.29, 1.82) is 0 Å². The van der Waals surface area contributed by atoms with Gasteiger partial charge in [-0.05, 0) is 12.1 Å². The largest absolute Gasteiger partial charge is 0.289 e. The Morgan fingerprint density at radius 2 is 2.17 bits per heavy atom. The average Bonchev–Trinajstić information content (AvgIpc) is 2.29. The van der Waals surface area contributed by atoms with Gasteiger partial charge in [-0.3, -0.25) is 4.79 Å². The van der Waals surface area contributed by atoms with Crippen LogP contribution in [0.5, 0.6) is 0 Å². The van der Waals surface area contributed by atoms with Gasteiger partial charge in [0.1, 0.15) is 5.03 Å². The van der Waals surface area contributed by atoms with E-state index in [-0.39, 0.29) is 10.9 Å². The molecular weight excluding hydrogens is 241 g/mol. The van der Waals surface area contributed by atoms with Crippen LogP contribution in [-0.4, -0.2) is 5.91 Å². The van der Waals surface area contributed by atoms with Gasteiger partial charge in [-0.25, -0.2) is 4.99 Å². The third kappa shape index (κ3) is 1.01. The van der Waals surface area contributed by atoms with Crippen LogP contribution in [0.1, 0.15) is 0 Å². The molecule has 0 aromatic heterocycles. The quantitative estimate of drug-likeness (QED) is 0.668. The first-order valence-electron chi connectivity index (χ1n) is 3.27. The van der Waals surface area contributed by atoms with Crippen molar-refractivity contribution in [3.8, 4) is 0 Å². The highest BCUT2D eigenvalue weighted by Gasteiger charge is 2.14. The Kier molecular flexibility index (Phi) is 1.77. The van der Waals surface area contributed by atoms with Gasteiger partial charge >= 0.3 is 0 Å². The average molecular weight is 244 g/mol. The molecular formula is C8H3BrClNO. The van der Waals surface area contributed by atoms with E-state index < -0.39 is 0 Å². The van der Waals surface area contributed by atoms with E-state index in [1.807, 2.05) is 12.1 Å². The van der Waals surface area contributed by atoms with E-state index in [1.165, 1.54) is 0 Å². The molecule has 0 saturated heterocycles. The van der Waals surface area contributed by atoms with E-state index in [2.05, 4.69) is 20.9 Å². The molecule has 2 rings (SSSR count). The van der Waals surface area contributed by atoms with Crippen molar-refractivity contribution in [2.45, 2.75) is 0 Å². The molecule has 0 aliphatic carbocycles. The van der Waals surface area contributed by atoms with Crippen LogP contribution >= 0.6 is 27.5 Å². The molecule has 0 unspecified atom stereocenters. The third-order valence-corrected chi connectivity index (χ3v) is 2.63. The van der Waals surface area contributed by atoms with Crippen LogP contribution in [0.25, 0.3) is 5.03 Å². The van der Waals surface area contributed by atoms with Gasteiger partial charge in [0, 0.05) is 9.69 Å². The summed E-state index contributed by atoms with van der Waals surface area (Å²) < 4.78 is 0.805. The van der Waals surface area contributed by atoms with E-state index in [0.717, 1.165) is 4.47 Å². The van der Waals surface area contributed by atoms with Gasteiger partial charge in [-0.15, -0.1) is 0 Å². The van der Waals surface area contributed by atoms with Gasteiger partial charge < -0.3 is 0 Å². The standard InChI is InChI=1S/C8H3BrClNO/c9-4-2-1-3-5-6(4)7(10)8(12)11-5/h1-3H. The molecule has 60 valence electrons. The van der Waals surface area contributed by atoms with E-state index in [9.17, 15) is 4.79 Å². The SMILES string of the molecule is O=C1N=c2cccc(Br)c2=C1Cl. The molecule has 2 nitrogen and oxygen atoms in total. The number of hydrogen-bond acceptors (Lipinski definition) is 1. The van der Waals surface area contributed by atoms with Crippen molar-refractivity contribution < 1.29 is 4.79 Å². The molecule has 0 bridgehead atoms. The number of amides is 1. The minimum Gasteiger partial charge on any atom is -0.266 e. The summed E-state index contributed by atoms with van der Waals surface area (Å²) in [5, 5.41) is 1.53. The predicted octanol–water partition coefficient (Wildman–Crippen LogP) is 0.956. The molecule has 1 heterocycles. The second kappa shape index (κ2) is 2.68. The van der Waals surface area contributed by atoms with Crippen molar-refractivity contribution in [1.82, 2.24) is 0 Å². The zero-order valence-electron chi connectivity index (χ0n) is 5.84. The molecule has 1 aliphatic rings. The van der Waals surface area contributed by atoms with E-state index in [4.69, 9.17) is 11.6 Å². The second-order valence-electron chi connectivity index (χ2n) is 2.36. The summed E-state index contributed by atoms with van der Waals surface area (Å²) >= 11 is 9.04. The molecule has 4 heteroatoms. The molecule has 0 spiro atoms. The third-order valence-electron chi connectivity index (χ3n) is 1.62. The smallest absolute Gasteiger partial charge is 0.266 e. The molecule has 1 amide bonds. The predicted molar refractivity (Wildman–Crippen MR) is 49.2 cm³/mol. The van der Waals surface area contributed by atoms with Crippen LogP contribution in [-0.2, 0) is 4.79 Å². The Labute approximate surface area is 81.7 Å². The van der Waals surface area contributed by atoms with Crippen LogP contribution in [0.3, 0.4) is 0 Å². The molecule has 0 radical (unpaired) electrons. The number of halogens is 2. The van der Waals surface area contributed by atoms with Crippen molar-refractivity contribution >= 4 is 38.5 Å². The van der Waals surface area contributed by atoms with Gasteiger partial charge in [0.25, 0.3) is 5.91 Å². The number of nitrogens with zero attached hydrogens (tertiary/aromatic N) is 1. The minimum atomic E-state index is -0.362. The maximum Gasteiger partial charge on any atom is 0.289 e. The number of hydrogen-bond donors (Lipinski definition) is 0. The number of rotatable bonds is 0. The van der Waals surface area contributed by atoms with Gasteiger partial charge in [-0.1, -0.05) is 33.6 Å². The monoisotopic (exact) mass is 243 g/mol. The molecule has 12 heavy (non-hydrogen) atoms. The van der Waals surface area contributed by atoms with E-state index in [1.54, 1.807) is 6.07 Å². The summed E-state index contributed by atoms with van der Waals surface area (Å²) in [6, 6.07) is 5.40. The highest BCUT2D eigenvalue weighted by molar-refractivity contribution is 9.10. The fraction of sp³-hybridized carbons (Fsp3) is 0. The lowest BCUT2D eigenvalue weighted by Gasteiger charge is -1.88. The summed E-state index contributed by atoms with van der Waals surface area (Å²) in [5.41, 5.74) is 0. The van der Waals surface area contributed by atoms with E-state index >= 15 is 0 Å². The lowest BCUT2D eigenvalue weighted by Crippen LogP contribution is -2.23. The van der Waals surface area contributed by atoms with Gasteiger partial charge in [0.05, 0.1) is 5.36 Å². The first-order valence-corrected chi connectivity index (χ1v) is 4.44. The molecule has 0 N–H and O–H groups in total. The van der Waals surface area contributed by atoms with Crippen molar-refractivity contribution in [3.05, 3.63) is 33.2 Å². The van der Waals surface area contributed by atoms with E-state index in [0.29, 0.717) is 10.6 Å². The van der Waals surface area contributed by atoms with Crippen LogP contribution in [0.15, 0.2) is 27.7 Å². The van der Waals surface area contributed by atoms with Crippen molar-refractivity contribution in [2.75, 3.05) is 0 Å². The lowest BCUT2D eigenvalue weighted by atomic mass is 10.3. The summed E-state index contributed by atoms with van der Waals surface area (Å²) in [7, 11) is 0. The molecule has 1 aliphatic heterocycles. The molecule has 0 saturated carbocycles. The van der Waals surface area contributed by atoms with Crippen LogP contribution < -0.4 is 10.6 Å². The molecule has 0 atom stereocenters. The minimum absolute atomic E-state index is 0.192. The number of fused-ring (bicyclic) bond motifs is 1. The Bertz CT molecular complexity index is 480. The van der Waals surface area contributed by atoms with Gasteiger partial charge in [0.2, 0.25) is 0 Å². The maximum absolute atomic E-state index is 11.0. The van der Waals surface area contributed by atoms with Crippen LogP contribution in [0.4, 0.5) is 0 Å². The summed E-state index contributed by atoms with van der Waals surface area (Å²) in [5.74, 6) is -0.362. The summed E-state index contributed by atoms with van der Waals surface area (Å²) in [4.78, 5) is 14.8. The summed E-state index contributed by atoms with van der Waals surface area (Å²) in [6.45, 7) is 0. The first-order chi connectivity index (χ1) is 5.70. The topological polar surface area (TPSA) is 29.4 Å². The zero-order chi connectivity index (χ0) is 8.72.